The van der Waals surface area contributed by atoms with E-state index in [0.29, 0.717) is 0 Å². The smallest absolute Gasteiger partial charge is 0.294 e. The van der Waals surface area contributed by atoms with Gasteiger partial charge in [-0.15, -0.1) is 0 Å². The second-order valence-electron chi connectivity index (χ2n) is 4.95. The van der Waals surface area contributed by atoms with Crippen LogP contribution in [0.3, 0.4) is 0 Å². The zero-order chi connectivity index (χ0) is 17.7. The Morgan fingerprint density at radius 2 is 0.875 bits per heavy atom. The Morgan fingerprint density at radius 1 is 0.583 bits per heavy atom. The molecule has 0 unspecified atom stereocenters. The summed E-state index contributed by atoms with van der Waals surface area (Å²) in [5.41, 5.74) is 0.278. The van der Waals surface area contributed by atoms with Gasteiger partial charge in [0, 0.05) is 11.1 Å². The zero-order valence-electron chi connectivity index (χ0n) is 13.1. The van der Waals surface area contributed by atoms with Crippen LogP contribution in [-0.4, -0.2) is 23.5 Å². The molecule has 122 valence electrons. The van der Waals surface area contributed by atoms with Gasteiger partial charge in [-0.25, -0.2) is 19.4 Å². The summed E-state index contributed by atoms with van der Waals surface area (Å²) in [6.45, 7) is 2.61. The molecule has 0 heterocycles. The number of benzene rings is 2. The van der Waals surface area contributed by atoms with Crippen molar-refractivity contribution in [1.82, 2.24) is 0 Å². The van der Waals surface area contributed by atoms with Gasteiger partial charge in [-0.05, 0) is 26.0 Å². The van der Waals surface area contributed by atoms with E-state index in [-0.39, 0.29) is 33.8 Å². The molecule has 0 bridgehead atoms. The van der Waals surface area contributed by atoms with Crippen molar-refractivity contribution in [3.8, 4) is 0 Å². The third kappa shape index (κ3) is 3.73. The van der Waals surface area contributed by atoms with Gasteiger partial charge >= 0.3 is 11.9 Å². The van der Waals surface area contributed by atoms with E-state index in [9.17, 15) is 19.2 Å². The van der Waals surface area contributed by atoms with Crippen molar-refractivity contribution in [1.29, 1.82) is 0 Å². The highest BCUT2D eigenvalue weighted by molar-refractivity contribution is 6.06. The third-order valence-corrected chi connectivity index (χ3v) is 3.25. The summed E-state index contributed by atoms with van der Waals surface area (Å²) in [6, 6.07) is 12.0. The monoisotopic (exact) mass is 326 g/mol. The van der Waals surface area contributed by atoms with Crippen LogP contribution in [0, 0.1) is 0 Å². The van der Waals surface area contributed by atoms with Gasteiger partial charge < -0.3 is 0 Å². The quantitative estimate of drug-likeness (QED) is 0.487. The summed E-state index contributed by atoms with van der Waals surface area (Å²) < 4.78 is 0. The Kier molecular flexibility index (Phi) is 5.21. The van der Waals surface area contributed by atoms with E-state index in [1.165, 1.54) is 38.1 Å². The van der Waals surface area contributed by atoms with Crippen LogP contribution in [0.1, 0.15) is 55.3 Å². The minimum atomic E-state index is -0.977. The molecule has 0 saturated heterocycles. The summed E-state index contributed by atoms with van der Waals surface area (Å²) in [7, 11) is 0. The van der Waals surface area contributed by atoms with Gasteiger partial charge in [0.25, 0.3) is 0 Å². The van der Waals surface area contributed by atoms with E-state index in [1.807, 2.05) is 0 Å². The second-order valence-corrected chi connectivity index (χ2v) is 4.95. The molecule has 24 heavy (non-hydrogen) atoms. The Labute approximate surface area is 137 Å². The predicted octanol–water partition coefficient (Wildman–Crippen LogP) is 3.02. The molecule has 2 aromatic carbocycles. The third-order valence-electron chi connectivity index (χ3n) is 3.25. The molecule has 0 spiro atoms. The molecule has 2 rings (SSSR count). The maximum atomic E-state index is 12.0. The molecule has 0 aliphatic heterocycles. The number of ketones is 2. The molecular formula is C18H14O6. The van der Waals surface area contributed by atoms with Crippen molar-refractivity contribution >= 4 is 23.5 Å². The van der Waals surface area contributed by atoms with E-state index in [4.69, 9.17) is 0 Å². The van der Waals surface area contributed by atoms with E-state index in [0.717, 1.165) is 0 Å². The molecule has 0 aliphatic carbocycles. The standard InChI is InChI=1S/C18H14O6/c1-11(19)13-7-3-5-9-15(13)17(21)23-24-18(22)16-10-6-4-8-14(16)12(2)20/h3-10H,1-2H3. The fourth-order valence-electron chi connectivity index (χ4n) is 2.10. The minimum absolute atomic E-state index is 0.0161. The molecule has 0 N–H and O–H groups in total. The van der Waals surface area contributed by atoms with Gasteiger partial charge in [0.1, 0.15) is 0 Å². The fraction of sp³-hybridized carbons (Fsp3) is 0.111. The molecular weight excluding hydrogens is 312 g/mol. The first-order valence-electron chi connectivity index (χ1n) is 7.05. The first kappa shape index (κ1) is 17.1. The Morgan fingerprint density at radius 3 is 1.17 bits per heavy atom. The van der Waals surface area contributed by atoms with Gasteiger partial charge in [0.05, 0.1) is 11.1 Å². The van der Waals surface area contributed by atoms with Crippen LogP contribution in [-0.2, 0) is 9.78 Å². The first-order valence-corrected chi connectivity index (χ1v) is 7.05. The number of hydrogen-bond acceptors (Lipinski definition) is 6. The molecule has 0 amide bonds. The summed E-state index contributed by atoms with van der Waals surface area (Å²) in [4.78, 5) is 56.0. The molecule has 0 aliphatic rings. The van der Waals surface area contributed by atoms with Crippen molar-refractivity contribution in [2.45, 2.75) is 13.8 Å². The molecule has 0 radical (unpaired) electrons. The lowest BCUT2D eigenvalue weighted by Crippen LogP contribution is -2.16. The first-order chi connectivity index (χ1) is 11.4. The molecule has 6 heteroatoms. The number of Topliss-reactive ketones (excluding diaryl/α,β-unsaturated/α-hetero) is 2. The van der Waals surface area contributed by atoms with Crippen molar-refractivity contribution in [3.05, 3.63) is 70.8 Å². The lowest BCUT2D eigenvalue weighted by Gasteiger charge is -2.07. The average Bonchev–Trinajstić information content (AvgIpc) is 2.59. The van der Waals surface area contributed by atoms with Crippen LogP contribution in [0.15, 0.2) is 48.5 Å². The van der Waals surface area contributed by atoms with Crippen LogP contribution >= 0.6 is 0 Å². The fourth-order valence-corrected chi connectivity index (χ4v) is 2.10. The van der Waals surface area contributed by atoms with E-state index >= 15 is 0 Å². The van der Waals surface area contributed by atoms with Crippen LogP contribution in [0.2, 0.25) is 0 Å². The predicted molar refractivity (Wildman–Crippen MR) is 83.7 cm³/mol. The zero-order valence-corrected chi connectivity index (χ0v) is 13.1. The lowest BCUT2D eigenvalue weighted by atomic mass is 10.0. The molecule has 0 atom stereocenters. The Hall–Kier alpha value is -3.28. The van der Waals surface area contributed by atoms with Crippen LogP contribution in [0.4, 0.5) is 0 Å². The second kappa shape index (κ2) is 7.32. The molecule has 0 fully saturated rings. The molecule has 0 saturated carbocycles. The van der Waals surface area contributed by atoms with Crippen molar-refractivity contribution < 1.29 is 29.0 Å². The Balaban J connectivity index is 2.14. The van der Waals surface area contributed by atoms with E-state index in [2.05, 4.69) is 9.78 Å². The maximum absolute atomic E-state index is 12.0. The highest BCUT2D eigenvalue weighted by Crippen LogP contribution is 2.14. The SMILES string of the molecule is CC(=O)c1ccccc1C(=O)OOC(=O)c1ccccc1C(C)=O. The van der Waals surface area contributed by atoms with Crippen molar-refractivity contribution in [2.24, 2.45) is 0 Å². The van der Waals surface area contributed by atoms with Gasteiger partial charge in [0.2, 0.25) is 0 Å². The largest absolute Gasteiger partial charge is 0.387 e. The van der Waals surface area contributed by atoms with E-state index in [1.54, 1.807) is 24.3 Å². The van der Waals surface area contributed by atoms with Crippen LogP contribution in [0.25, 0.3) is 0 Å². The number of carbonyl (C=O) groups excluding carboxylic acids is 4. The maximum Gasteiger partial charge on any atom is 0.387 e. The van der Waals surface area contributed by atoms with Crippen LogP contribution < -0.4 is 0 Å². The number of hydrogen-bond donors (Lipinski definition) is 0. The summed E-state index contributed by atoms with van der Waals surface area (Å²) in [6.07, 6.45) is 0. The van der Waals surface area contributed by atoms with Crippen molar-refractivity contribution in [2.75, 3.05) is 0 Å². The minimum Gasteiger partial charge on any atom is -0.294 e. The van der Waals surface area contributed by atoms with Gasteiger partial charge in [0.15, 0.2) is 11.6 Å². The highest BCUT2D eigenvalue weighted by Gasteiger charge is 2.21. The summed E-state index contributed by atoms with van der Waals surface area (Å²) >= 11 is 0. The number of rotatable bonds is 4. The van der Waals surface area contributed by atoms with Crippen LogP contribution in [0.5, 0.6) is 0 Å². The average molecular weight is 326 g/mol. The molecule has 6 nitrogen and oxygen atoms in total. The number of carbonyl (C=O) groups is 4. The van der Waals surface area contributed by atoms with Gasteiger partial charge in [-0.2, -0.15) is 0 Å². The summed E-state index contributed by atoms with van der Waals surface area (Å²) in [5, 5.41) is 0. The van der Waals surface area contributed by atoms with Crippen molar-refractivity contribution in [3.63, 3.8) is 0 Å². The lowest BCUT2D eigenvalue weighted by molar-refractivity contribution is -0.187. The highest BCUT2D eigenvalue weighted by atomic mass is 17.2. The van der Waals surface area contributed by atoms with Gasteiger partial charge in [-0.1, -0.05) is 36.4 Å². The molecule has 2 aromatic rings. The van der Waals surface area contributed by atoms with Gasteiger partial charge in [-0.3, -0.25) is 9.59 Å². The topological polar surface area (TPSA) is 86.7 Å². The summed E-state index contributed by atoms with van der Waals surface area (Å²) in [5.74, 6) is -2.60. The normalized spacial score (nSPS) is 9.92. The Bertz CT molecular complexity index is 752. The van der Waals surface area contributed by atoms with E-state index < -0.39 is 11.9 Å². The molecule has 0 aromatic heterocycles.